The predicted octanol–water partition coefficient (Wildman–Crippen LogP) is 2.98. The zero-order chi connectivity index (χ0) is 16.7. The lowest BCUT2D eigenvalue weighted by Crippen LogP contribution is -2.17. The molecule has 1 amide bonds. The Bertz CT molecular complexity index is 1050. The van der Waals surface area contributed by atoms with Gasteiger partial charge in [-0.25, -0.2) is 15.0 Å². The van der Waals surface area contributed by atoms with Gasteiger partial charge < -0.3 is 10.3 Å². The van der Waals surface area contributed by atoms with E-state index in [1.807, 2.05) is 42.6 Å². The molecule has 24 heavy (non-hydrogen) atoms. The summed E-state index contributed by atoms with van der Waals surface area (Å²) in [6, 6.07) is 7.54. The average molecular weight is 320 g/mol. The highest BCUT2D eigenvalue weighted by atomic mass is 16.2. The lowest BCUT2D eigenvalue weighted by atomic mass is 10.1. The standard InChI is InChI=1S/C17H16N6O/c1-10(2)13-16(23-8-4-3-5-12(23)21-13)22-17(24)14-11-6-7-18-15(11)20-9-19-14/h3-10H,1-2H3,(H,22,24)(H,18,19,20). The molecule has 4 aromatic rings. The van der Waals surface area contributed by atoms with Crippen LogP contribution in [-0.4, -0.2) is 30.2 Å². The van der Waals surface area contributed by atoms with Crippen molar-refractivity contribution in [3.63, 3.8) is 0 Å². The third kappa shape index (κ3) is 2.21. The summed E-state index contributed by atoms with van der Waals surface area (Å²) in [4.78, 5) is 28.6. The third-order valence-electron chi connectivity index (χ3n) is 3.90. The van der Waals surface area contributed by atoms with E-state index in [0.29, 0.717) is 22.5 Å². The minimum Gasteiger partial charge on any atom is -0.346 e. The number of hydrogen-bond donors (Lipinski definition) is 2. The van der Waals surface area contributed by atoms with Crippen LogP contribution in [0.5, 0.6) is 0 Å². The van der Waals surface area contributed by atoms with E-state index in [2.05, 4.69) is 25.3 Å². The Morgan fingerprint density at radius 1 is 1.25 bits per heavy atom. The first-order valence-electron chi connectivity index (χ1n) is 7.71. The van der Waals surface area contributed by atoms with Crippen LogP contribution in [0.25, 0.3) is 16.7 Å². The van der Waals surface area contributed by atoms with Gasteiger partial charge in [0.15, 0.2) is 0 Å². The molecular formula is C17H16N6O. The summed E-state index contributed by atoms with van der Waals surface area (Å²) >= 11 is 0. The second-order valence-electron chi connectivity index (χ2n) is 5.85. The van der Waals surface area contributed by atoms with Crippen LogP contribution in [0, 0.1) is 0 Å². The highest BCUT2D eigenvalue weighted by Gasteiger charge is 2.20. The van der Waals surface area contributed by atoms with Crippen LogP contribution in [0.4, 0.5) is 5.82 Å². The first kappa shape index (κ1) is 14.4. The van der Waals surface area contributed by atoms with Gasteiger partial charge >= 0.3 is 0 Å². The molecule has 4 rings (SSSR count). The maximum atomic E-state index is 12.8. The van der Waals surface area contributed by atoms with Crippen LogP contribution in [0.15, 0.2) is 43.0 Å². The molecule has 0 unspecified atom stereocenters. The maximum Gasteiger partial charge on any atom is 0.276 e. The van der Waals surface area contributed by atoms with Gasteiger partial charge in [0.05, 0.1) is 11.1 Å². The van der Waals surface area contributed by atoms with Crippen LogP contribution >= 0.6 is 0 Å². The van der Waals surface area contributed by atoms with E-state index in [0.717, 1.165) is 11.3 Å². The van der Waals surface area contributed by atoms with E-state index in [-0.39, 0.29) is 11.8 Å². The molecule has 0 radical (unpaired) electrons. The number of hydrogen-bond acceptors (Lipinski definition) is 4. The van der Waals surface area contributed by atoms with Crippen LogP contribution in [0.3, 0.4) is 0 Å². The Balaban J connectivity index is 1.80. The number of aromatic amines is 1. The maximum absolute atomic E-state index is 12.8. The number of H-pyrrole nitrogens is 1. The summed E-state index contributed by atoms with van der Waals surface area (Å²) in [5.41, 5.74) is 2.61. The Kier molecular flexibility index (Phi) is 3.26. The third-order valence-corrected chi connectivity index (χ3v) is 3.90. The van der Waals surface area contributed by atoms with Crippen molar-refractivity contribution in [2.75, 3.05) is 5.32 Å². The second-order valence-corrected chi connectivity index (χ2v) is 5.85. The normalized spacial score (nSPS) is 11.5. The lowest BCUT2D eigenvalue weighted by Gasteiger charge is -2.09. The molecule has 0 saturated heterocycles. The summed E-state index contributed by atoms with van der Waals surface area (Å²) in [5.74, 6) is 0.570. The monoisotopic (exact) mass is 320 g/mol. The Labute approximate surface area is 137 Å². The topological polar surface area (TPSA) is 88.0 Å². The largest absolute Gasteiger partial charge is 0.346 e. The van der Waals surface area contributed by atoms with Crippen molar-refractivity contribution in [2.24, 2.45) is 0 Å². The summed E-state index contributed by atoms with van der Waals surface area (Å²) in [7, 11) is 0. The zero-order valence-electron chi connectivity index (χ0n) is 13.3. The van der Waals surface area contributed by atoms with E-state index in [1.54, 1.807) is 12.3 Å². The fraction of sp³-hybridized carbons (Fsp3) is 0.176. The minimum atomic E-state index is -0.283. The van der Waals surface area contributed by atoms with Gasteiger partial charge in [0, 0.05) is 12.4 Å². The molecule has 0 saturated carbocycles. The van der Waals surface area contributed by atoms with Gasteiger partial charge in [-0.1, -0.05) is 19.9 Å². The van der Waals surface area contributed by atoms with Crippen molar-refractivity contribution in [2.45, 2.75) is 19.8 Å². The van der Waals surface area contributed by atoms with Gasteiger partial charge in [0.1, 0.15) is 29.1 Å². The molecule has 2 N–H and O–H groups in total. The molecule has 0 aliphatic heterocycles. The number of imidazole rings is 1. The van der Waals surface area contributed by atoms with Crippen LogP contribution < -0.4 is 5.32 Å². The Morgan fingerprint density at radius 3 is 2.96 bits per heavy atom. The Morgan fingerprint density at radius 2 is 2.12 bits per heavy atom. The first-order chi connectivity index (χ1) is 11.6. The summed E-state index contributed by atoms with van der Waals surface area (Å²) in [6.45, 7) is 4.10. The molecule has 7 nitrogen and oxygen atoms in total. The minimum absolute atomic E-state index is 0.179. The molecule has 0 aliphatic carbocycles. The molecule has 4 aromatic heterocycles. The fourth-order valence-electron chi connectivity index (χ4n) is 2.76. The molecule has 0 atom stereocenters. The van der Waals surface area contributed by atoms with Gasteiger partial charge in [-0.2, -0.15) is 0 Å². The van der Waals surface area contributed by atoms with Crippen molar-refractivity contribution in [3.8, 4) is 0 Å². The number of anilines is 1. The molecule has 120 valence electrons. The van der Waals surface area contributed by atoms with E-state index in [4.69, 9.17) is 0 Å². The van der Waals surface area contributed by atoms with Crippen molar-refractivity contribution in [3.05, 3.63) is 54.4 Å². The van der Waals surface area contributed by atoms with Crippen LogP contribution in [0.1, 0.15) is 35.9 Å². The fourth-order valence-corrected chi connectivity index (χ4v) is 2.76. The first-order valence-corrected chi connectivity index (χ1v) is 7.71. The molecule has 0 aromatic carbocycles. The van der Waals surface area contributed by atoms with Gasteiger partial charge in [-0.3, -0.25) is 9.20 Å². The van der Waals surface area contributed by atoms with Crippen molar-refractivity contribution in [1.29, 1.82) is 0 Å². The van der Waals surface area contributed by atoms with Crippen LogP contribution in [0.2, 0.25) is 0 Å². The van der Waals surface area contributed by atoms with Gasteiger partial charge in [-0.15, -0.1) is 0 Å². The number of fused-ring (bicyclic) bond motifs is 2. The van der Waals surface area contributed by atoms with Crippen molar-refractivity contribution >= 4 is 28.4 Å². The second kappa shape index (κ2) is 5.45. The molecule has 0 spiro atoms. The van der Waals surface area contributed by atoms with Gasteiger partial charge in [-0.05, 0) is 24.1 Å². The number of nitrogens with zero attached hydrogens (tertiary/aromatic N) is 4. The summed E-state index contributed by atoms with van der Waals surface area (Å²) in [6.07, 6.45) is 5.01. The molecule has 7 heteroatoms. The number of carbonyl (C=O) groups excluding carboxylic acids is 1. The highest BCUT2D eigenvalue weighted by Crippen LogP contribution is 2.26. The predicted molar refractivity (Wildman–Crippen MR) is 91.1 cm³/mol. The number of rotatable bonds is 3. The number of amides is 1. The van der Waals surface area contributed by atoms with E-state index in [1.165, 1.54) is 6.33 Å². The van der Waals surface area contributed by atoms with Crippen LogP contribution in [-0.2, 0) is 0 Å². The highest BCUT2D eigenvalue weighted by molar-refractivity contribution is 6.10. The van der Waals surface area contributed by atoms with E-state index in [9.17, 15) is 4.79 Å². The zero-order valence-corrected chi connectivity index (χ0v) is 13.3. The Hall–Kier alpha value is -3.22. The van der Waals surface area contributed by atoms with Gasteiger partial charge in [0.2, 0.25) is 0 Å². The number of carbonyl (C=O) groups is 1. The smallest absolute Gasteiger partial charge is 0.276 e. The quantitative estimate of drug-likeness (QED) is 0.607. The number of aromatic nitrogens is 5. The van der Waals surface area contributed by atoms with E-state index >= 15 is 0 Å². The van der Waals surface area contributed by atoms with E-state index < -0.39 is 0 Å². The molecule has 0 bridgehead atoms. The van der Waals surface area contributed by atoms with Crippen molar-refractivity contribution in [1.82, 2.24) is 24.3 Å². The van der Waals surface area contributed by atoms with Gasteiger partial charge in [0.25, 0.3) is 5.91 Å². The number of nitrogens with one attached hydrogen (secondary N) is 2. The summed E-state index contributed by atoms with van der Waals surface area (Å²) in [5, 5.41) is 3.66. The molecule has 0 fully saturated rings. The molecule has 0 aliphatic rings. The average Bonchev–Trinajstić information content (AvgIpc) is 3.19. The number of pyridine rings is 1. The lowest BCUT2D eigenvalue weighted by molar-refractivity contribution is 0.102. The van der Waals surface area contributed by atoms with Crippen molar-refractivity contribution < 1.29 is 4.79 Å². The SMILES string of the molecule is CC(C)c1nc2ccccn2c1NC(=O)c1ncnc2[nH]ccc12. The molecule has 4 heterocycles. The molecular weight excluding hydrogens is 304 g/mol. The summed E-state index contributed by atoms with van der Waals surface area (Å²) < 4.78 is 1.88.